The molecule has 2 aliphatic rings. The van der Waals surface area contributed by atoms with Crippen molar-refractivity contribution in [1.29, 1.82) is 0 Å². The first-order valence-corrected chi connectivity index (χ1v) is 13.0. The van der Waals surface area contributed by atoms with Crippen molar-refractivity contribution in [3.8, 4) is 0 Å². The average molecular weight is 409 g/mol. The summed E-state index contributed by atoms with van der Waals surface area (Å²) in [5.74, 6) is 4.04. The maximum absolute atomic E-state index is 5.86. The van der Waals surface area contributed by atoms with E-state index >= 15 is 0 Å². The minimum Gasteiger partial charge on any atom is -0.329 e. The second-order valence-corrected chi connectivity index (χ2v) is 9.98. The van der Waals surface area contributed by atoms with Gasteiger partial charge in [-0.25, -0.2) is 0 Å². The topological polar surface area (TPSA) is 53.3 Å². The summed E-state index contributed by atoms with van der Waals surface area (Å²) in [6.45, 7) is 6.50. The standard InChI is InChI=1S/C25H52N4/c1-27-16-13-22-9-5-3-7-11-23(14-18-29(19-15-26)20-17-28-2)25-21-24(25)12-8-4-6-10-22/h22-25,27-28H,3-21,26H2,1-2H3. The summed E-state index contributed by atoms with van der Waals surface area (Å²) in [7, 11) is 4.15. The van der Waals surface area contributed by atoms with Crippen LogP contribution in [0, 0.1) is 23.7 Å². The molecular formula is C25H52N4. The predicted octanol–water partition coefficient (Wildman–Crippen LogP) is 4.25. The van der Waals surface area contributed by atoms with Crippen LogP contribution in [-0.4, -0.2) is 58.3 Å². The molecule has 0 spiro atoms. The van der Waals surface area contributed by atoms with Gasteiger partial charge >= 0.3 is 0 Å². The van der Waals surface area contributed by atoms with Crippen molar-refractivity contribution in [2.75, 3.05) is 53.4 Å². The van der Waals surface area contributed by atoms with E-state index in [0.29, 0.717) is 0 Å². The molecule has 29 heavy (non-hydrogen) atoms. The minimum absolute atomic E-state index is 0.787. The fraction of sp³-hybridized carbons (Fsp3) is 1.00. The van der Waals surface area contributed by atoms with Crippen LogP contribution in [0.2, 0.25) is 0 Å². The molecular weight excluding hydrogens is 356 g/mol. The van der Waals surface area contributed by atoms with Gasteiger partial charge in [0.1, 0.15) is 0 Å². The molecule has 0 aromatic rings. The number of rotatable bonds is 11. The zero-order valence-electron chi connectivity index (χ0n) is 19.8. The highest BCUT2D eigenvalue weighted by molar-refractivity contribution is 4.91. The van der Waals surface area contributed by atoms with Crippen LogP contribution in [0.5, 0.6) is 0 Å². The van der Waals surface area contributed by atoms with E-state index in [4.69, 9.17) is 5.73 Å². The maximum atomic E-state index is 5.86. The first-order valence-electron chi connectivity index (χ1n) is 13.0. The van der Waals surface area contributed by atoms with E-state index in [9.17, 15) is 0 Å². The Morgan fingerprint density at radius 3 is 2.14 bits per heavy atom. The van der Waals surface area contributed by atoms with Crippen LogP contribution in [-0.2, 0) is 0 Å². The van der Waals surface area contributed by atoms with Crippen molar-refractivity contribution in [1.82, 2.24) is 15.5 Å². The lowest BCUT2D eigenvalue weighted by Gasteiger charge is -2.25. The SMILES string of the molecule is CNCCC1CCCCCC(CCN(CCN)CCNC)C2CC2CCCCC1. The van der Waals surface area contributed by atoms with E-state index in [1.54, 1.807) is 0 Å². The van der Waals surface area contributed by atoms with Gasteiger partial charge in [-0.15, -0.1) is 0 Å². The lowest BCUT2D eigenvalue weighted by molar-refractivity contribution is 0.238. The summed E-state index contributed by atoms with van der Waals surface area (Å²) in [6.07, 6.45) is 19.0. The highest BCUT2D eigenvalue weighted by atomic mass is 15.1. The van der Waals surface area contributed by atoms with Gasteiger partial charge in [0.25, 0.3) is 0 Å². The van der Waals surface area contributed by atoms with Crippen molar-refractivity contribution < 1.29 is 0 Å². The first-order chi connectivity index (χ1) is 14.3. The molecule has 4 heteroatoms. The molecule has 0 bridgehead atoms. The minimum atomic E-state index is 0.787. The lowest BCUT2D eigenvalue weighted by atomic mass is 9.87. The number of hydrogen-bond acceptors (Lipinski definition) is 4. The Balaban J connectivity index is 1.80. The van der Waals surface area contributed by atoms with Crippen LogP contribution in [0.4, 0.5) is 0 Å². The number of nitrogens with one attached hydrogen (secondary N) is 2. The molecule has 0 amide bonds. The Labute approximate surface area is 182 Å². The predicted molar refractivity (Wildman–Crippen MR) is 127 cm³/mol. The van der Waals surface area contributed by atoms with Gasteiger partial charge in [0.2, 0.25) is 0 Å². The molecule has 0 radical (unpaired) electrons. The largest absolute Gasteiger partial charge is 0.329 e. The van der Waals surface area contributed by atoms with E-state index in [1.807, 2.05) is 0 Å². The Morgan fingerprint density at radius 2 is 1.45 bits per heavy atom. The second-order valence-electron chi connectivity index (χ2n) is 9.98. The Morgan fingerprint density at radius 1 is 0.759 bits per heavy atom. The van der Waals surface area contributed by atoms with Crippen molar-refractivity contribution in [2.24, 2.45) is 29.4 Å². The summed E-state index contributed by atoms with van der Waals surface area (Å²) >= 11 is 0. The monoisotopic (exact) mass is 408 g/mol. The fourth-order valence-electron chi connectivity index (χ4n) is 5.70. The first kappa shape index (κ1) is 25.1. The van der Waals surface area contributed by atoms with E-state index in [0.717, 1.165) is 49.9 Å². The van der Waals surface area contributed by atoms with E-state index in [1.165, 1.54) is 96.6 Å². The molecule has 2 rings (SSSR count). The van der Waals surface area contributed by atoms with Crippen LogP contribution in [0.3, 0.4) is 0 Å². The highest BCUT2D eigenvalue weighted by Gasteiger charge is 2.41. The van der Waals surface area contributed by atoms with Crippen LogP contribution >= 0.6 is 0 Å². The van der Waals surface area contributed by atoms with E-state index in [-0.39, 0.29) is 0 Å². The maximum Gasteiger partial charge on any atom is 0.0107 e. The Hall–Kier alpha value is -0.160. The van der Waals surface area contributed by atoms with Gasteiger partial charge in [-0.3, -0.25) is 0 Å². The van der Waals surface area contributed by atoms with E-state index < -0.39 is 0 Å². The second kappa shape index (κ2) is 15.6. The van der Waals surface area contributed by atoms with Gasteiger partial charge in [-0.2, -0.15) is 0 Å². The molecule has 0 saturated heterocycles. The molecule has 2 fully saturated rings. The van der Waals surface area contributed by atoms with Crippen LogP contribution in [0.25, 0.3) is 0 Å². The fourth-order valence-corrected chi connectivity index (χ4v) is 5.70. The number of likely N-dealkylation sites (N-methyl/N-ethyl adjacent to an activating group) is 1. The van der Waals surface area contributed by atoms with Gasteiger partial charge in [0.05, 0.1) is 0 Å². The van der Waals surface area contributed by atoms with Gasteiger partial charge in [-0.1, -0.05) is 64.2 Å². The van der Waals surface area contributed by atoms with Crippen molar-refractivity contribution in [3.05, 3.63) is 0 Å². The Kier molecular flexibility index (Phi) is 13.5. The lowest BCUT2D eigenvalue weighted by Crippen LogP contribution is -2.36. The zero-order chi connectivity index (χ0) is 20.7. The smallest absolute Gasteiger partial charge is 0.0107 e. The number of hydrogen-bond donors (Lipinski definition) is 3. The molecule has 0 aliphatic heterocycles. The number of nitrogens with two attached hydrogens (primary N) is 1. The summed E-state index contributed by atoms with van der Waals surface area (Å²) in [5, 5.41) is 6.66. The van der Waals surface area contributed by atoms with Crippen molar-refractivity contribution in [2.45, 2.75) is 83.5 Å². The van der Waals surface area contributed by atoms with Crippen LogP contribution in [0.1, 0.15) is 83.5 Å². The molecule has 0 aromatic carbocycles. The molecule has 0 heterocycles. The summed E-state index contributed by atoms with van der Waals surface area (Å²) in [5.41, 5.74) is 5.86. The van der Waals surface area contributed by atoms with Crippen molar-refractivity contribution >= 4 is 0 Å². The molecule has 4 atom stereocenters. The summed E-state index contributed by atoms with van der Waals surface area (Å²) < 4.78 is 0. The van der Waals surface area contributed by atoms with Gasteiger partial charge in [-0.05, 0) is 70.1 Å². The summed E-state index contributed by atoms with van der Waals surface area (Å²) in [4.78, 5) is 2.59. The third-order valence-corrected chi connectivity index (χ3v) is 7.70. The van der Waals surface area contributed by atoms with Gasteiger partial charge < -0.3 is 21.3 Å². The highest BCUT2D eigenvalue weighted by Crippen LogP contribution is 2.50. The average Bonchev–Trinajstić information content (AvgIpc) is 3.49. The van der Waals surface area contributed by atoms with Crippen LogP contribution < -0.4 is 16.4 Å². The third kappa shape index (κ3) is 10.6. The third-order valence-electron chi connectivity index (χ3n) is 7.70. The van der Waals surface area contributed by atoms with E-state index in [2.05, 4.69) is 29.6 Å². The molecule has 172 valence electrons. The molecule has 4 nitrogen and oxygen atoms in total. The Bertz CT molecular complexity index is 389. The van der Waals surface area contributed by atoms with Crippen molar-refractivity contribution in [3.63, 3.8) is 0 Å². The molecule has 2 saturated carbocycles. The van der Waals surface area contributed by atoms with Crippen LogP contribution in [0.15, 0.2) is 0 Å². The molecule has 4 unspecified atom stereocenters. The number of fused-ring (bicyclic) bond motifs is 1. The molecule has 4 N–H and O–H groups in total. The molecule has 0 aromatic heterocycles. The summed E-state index contributed by atoms with van der Waals surface area (Å²) in [6, 6.07) is 0. The van der Waals surface area contributed by atoms with Gasteiger partial charge in [0.15, 0.2) is 0 Å². The van der Waals surface area contributed by atoms with Gasteiger partial charge in [0, 0.05) is 26.2 Å². The number of nitrogens with zero attached hydrogens (tertiary/aromatic N) is 1. The molecule has 2 aliphatic carbocycles. The zero-order valence-corrected chi connectivity index (χ0v) is 19.8. The normalized spacial score (nSPS) is 29.4. The quantitative estimate of drug-likeness (QED) is 0.478.